The third-order valence-electron chi connectivity index (χ3n) is 4.94. The SMILES string of the molecule is Cc1cc(OCC(=O)NC(CO)CO)cc(C)c1Cc1ccc(O)c(C(C)C)c1. The molecule has 6 heteroatoms. The molecule has 0 unspecified atom stereocenters. The minimum absolute atomic E-state index is 0.190. The van der Waals surface area contributed by atoms with Crippen molar-refractivity contribution < 1.29 is 24.9 Å². The number of rotatable bonds is 9. The molecule has 29 heavy (non-hydrogen) atoms. The fraction of sp³-hybridized carbons (Fsp3) is 0.435. The van der Waals surface area contributed by atoms with Gasteiger partial charge < -0.3 is 25.4 Å². The van der Waals surface area contributed by atoms with Crippen LogP contribution in [0.5, 0.6) is 11.5 Å². The predicted molar refractivity (Wildman–Crippen MR) is 113 cm³/mol. The van der Waals surface area contributed by atoms with E-state index in [0.717, 1.165) is 28.7 Å². The lowest BCUT2D eigenvalue weighted by molar-refractivity contribution is -0.124. The molecule has 0 fully saturated rings. The molecular formula is C23H31NO5. The van der Waals surface area contributed by atoms with Crippen molar-refractivity contribution in [3.8, 4) is 11.5 Å². The molecule has 0 saturated carbocycles. The van der Waals surface area contributed by atoms with Crippen LogP contribution in [0.3, 0.4) is 0 Å². The average molecular weight is 402 g/mol. The second-order valence-electron chi connectivity index (χ2n) is 7.68. The highest BCUT2D eigenvalue weighted by molar-refractivity contribution is 5.77. The van der Waals surface area contributed by atoms with Crippen LogP contribution in [0.15, 0.2) is 30.3 Å². The molecule has 158 valence electrons. The Hall–Kier alpha value is -2.57. The normalized spacial score (nSPS) is 11.2. The first-order valence-corrected chi connectivity index (χ1v) is 9.80. The largest absolute Gasteiger partial charge is 0.508 e. The Labute approximate surface area is 172 Å². The van der Waals surface area contributed by atoms with Crippen LogP contribution < -0.4 is 10.1 Å². The molecule has 2 rings (SSSR count). The summed E-state index contributed by atoms with van der Waals surface area (Å²) in [5, 5.41) is 30.6. The van der Waals surface area contributed by atoms with Crippen molar-refractivity contribution in [2.45, 2.75) is 46.1 Å². The molecule has 0 saturated heterocycles. The standard InChI is InChI=1S/C23H31NO5/c1-14(2)20-9-17(5-6-22(20)27)10-21-15(3)7-19(8-16(21)4)29-13-23(28)24-18(11-25)12-26/h5-9,14,18,25-27H,10-13H2,1-4H3,(H,24,28). The van der Waals surface area contributed by atoms with Crippen LogP contribution in [0, 0.1) is 13.8 Å². The quantitative estimate of drug-likeness (QED) is 0.518. The second kappa shape index (κ2) is 10.3. The molecule has 4 N–H and O–H groups in total. The minimum atomic E-state index is -0.682. The van der Waals surface area contributed by atoms with Gasteiger partial charge in [-0.2, -0.15) is 0 Å². The van der Waals surface area contributed by atoms with Gasteiger partial charge in [0.2, 0.25) is 0 Å². The van der Waals surface area contributed by atoms with E-state index in [4.69, 9.17) is 14.9 Å². The predicted octanol–water partition coefficient (Wildman–Crippen LogP) is 2.57. The number of aliphatic hydroxyl groups is 2. The number of ether oxygens (including phenoxy) is 1. The minimum Gasteiger partial charge on any atom is -0.508 e. The van der Waals surface area contributed by atoms with Crippen molar-refractivity contribution in [2.75, 3.05) is 19.8 Å². The maximum Gasteiger partial charge on any atom is 0.258 e. The van der Waals surface area contributed by atoms with Crippen LogP contribution in [-0.4, -0.2) is 47.1 Å². The molecule has 0 radical (unpaired) electrons. The third-order valence-corrected chi connectivity index (χ3v) is 4.94. The Morgan fingerprint density at radius 1 is 1.07 bits per heavy atom. The van der Waals surface area contributed by atoms with E-state index in [1.807, 2.05) is 38.1 Å². The van der Waals surface area contributed by atoms with Crippen LogP contribution in [-0.2, 0) is 11.2 Å². The summed E-state index contributed by atoms with van der Waals surface area (Å²) in [6.45, 7) is 7.28. The van der Waals surface area contributed by atoms with Crippen molar-refractivity contribution >= 4 is 5.91 Å². The van der Waals surface area contributed by atoms with Crippen LogP contribution in [0.4, 0.5) is 0 Å². The summed E-state index contributed by atoms with van der Waals surface area (Å²) in [5.41, 5.74) is 5.37. The van der Waals surface area contributed by atoms with E-state index in [1.165, 1.54) is 5.56 Å². The van der Waals surface area contributed by atoms with E-state index in [2.05, 4.69) is 19.2 Å². The van der Waals surface area contributed by atoms with Crippen LogP contribution in [0.2, 0.25) is 0 Å². The average Bonchev–Trinajstić information content (AvgIpc) is 2.68. The number of nitrogens with one attached hydrogen (secondary N) is 1. The fourth-order valence-corrected chi connectivity index (χ4v) is 3.26. The fourth-order valence-electron chi connectivity index (χ4n) is 3.26. The summed E-state index contributed by atoms with van der Waals surface area (Å²) in [5.74, 6) is 0.763. The number of aryl methyl sites for hydroxylation is 2. The number of hydrogen-bond acceptors (Lipinski definition) is 5. The van der Waals surface area contributed by atoms with E-state index >= 15 is 0 Å². The van der Waals surface area contributed by atoms with Gasteiger partial charge in [-0.1, -0.05) is 26.0 Å². The van der Waals surface area contributed by atoms with Gasteiger partial charge in [-0.25, -0.2) is 0 Å². The Balaban J connectivity index is 2.10. The smallest absolute Gasteiger partial charge is 0.258 e. The van der Waals surface area contributed by atoms with E-state index in [0.29, 0.717) is 11.5 Å². The maximum atomic E-state index is 11.9. The van der Waals surface area contributed by atoms with Crippen LogP contribution in [0.1, 0.15) is 47.6 Å². The summed E-state index contributed by atoms with van der Waals surface area (Å²) >= 11 is 0. The molecule has 0 aliphatic heterocycles. The van der Waals surface area contributed by atoms with E-state index < -0.39 is 11.9 Å². The molecule has 2 aromatic rings. The summed E-state index contributed by atoms with van der Waals surface area (Å²) in [6.07, 6.45) is 0.743. The summed E-state index contributed by atoms with van der Waals surface area (Å²) in [7, 11) is 0. The maximum absolute atomic E-state index is 11.9. The Morgan fingerprint density at radius 3 is 2.24 bits per heavy atom. The van der Waals surface area contributed by atoms with Crippen molar-refractivity contribution in [1.82, 2.24) is 5.32 Å². The molecule has 2 aromatic carbocycles. The number of carbonyl (C=O) groups is 1. The topological polar surface area (TPSA) is 99.0 Å². The van der Waals surface area contributed by atoms with E-state index in [1.54, 1.807) is 6.07 Å². The zero-order valence-electron chi connectivity index (χ0n) is 17.5. The van der Waals surface area contributed by atoms with E-state index in [9.17, 15) is 9.90 Å². The molecule has 0 heterocycles. The van der Waals surface area contributed by atoms with Gasteiger partial charge in [0.25, 0.3) is 5.91 Å². The molecule has 0 aromatic heterocycles. The lowest BCUT2D eigenvalue weighted by Gasteiger charge is -2.16. The monoisotopic (exact) mass is 401 g/mol. The first-order chi connectivity index (χ1) is 13.7. The Bertz CT molecular complexity index is 820. The van der Waals surface area contributed by atoms with Crippen molar-refractivity contribution in [3.63, 3.8) is 0 Å². The molecule has 0 aliphatic rings. The van der Waals surface area contributed by atoms with Gasteiger partial charge in [-0.05, 0) is 72.2 Å². The van der Waals surface area contributed by atoms with Gasteiger partial charge in [-0.15, -0.1) is 0 Å². The summed E-state index contributed by atoms with van der Waals surface area (Å²) < 4.78 is 5.58. The molecule has 0 spiro atoms. The summed E-state index contributed by atoms with van der Waals surface area (Å²) in [6, 6.07) is 8.85. The van der Waals surface area contributed by atoms with E-state index in [-0.39, 0.29) is 25.7 Å². The van der Waals surface area contributed by atoms with Crippen molar-refractivity contribution in [1.29, 1.82) is 0 Å². The number of benzene rings is 2. The number of phenolic OH excluding ortho intramolecular Hbond substituents is 1. The number of aliphatic hydroxyl groups excluding tert-OH is 2. The van der Waals surface area contributed by atoms with Crippen LogP contribution >= 0.6 is 0 Å². The number of carbonyl (C=O) groups excluding carboxylic acids is 1. The molecule has 1 amide bonds. The van der Waals surface area contributed by atoms with Gasteiger partial charge in [0.15, 0.2) is 6.61 Å². The first-order valence-electron chi connectivity index (χ1n) is 9.80. The highest BCUT2D eigenvalue weighted by atomic mass is 16.5. The molecule has 6 nitrogen and oxygen atoms in total. The van der Waals surface area contributed by atoms with Gasteiger partial charge in [0.05, 0.1) is 19.3 Å². The van der Waals surface area contributed by atoms with Gasteiger partial charge >= 0.3 is 0 Å². The van der Waals surface area contributed by atoms with Gasteiger partial charge in [0, 0.05) is 0 Å². The molecular weight excluding hydrogens is 370 g/mol. The lowest BCUT2D eigenvalue weighted by atomic mass is 9.93. The Kier molecular flexibility index (Phi) is 8.05. The zero-order valence-corrected chi connectivity index (χ0v) is 17.5. The van der Waals surface area contributed by atoms with Gasteiger partial charge in [-0.3, -0.25) is 4.79 Å². The highest BCUT2D eigenvalue weighted by Gasteiger charge is 2.13. The highest BCUT2D eigenvalue weighted by Crippen LogP contribution is 2.29. The van der Waals surface area contributed by atoms with Crippen molar-refractivity contribution in [3.05, 3.63) is 58.1 Å². The number of amides is 1. The summed E-state index contributed by atoms with van der Waals surface area (Å²) in [4.78, 5) is 11.9. The first kappa shape index (κ1) is 22.7. The van der Waals surface area contributed by atoms with Crippen molar-refractivity contribution in [2.24, 2.45) is 0 Å². The number of hydrogen-bond donors (Lipinski definition) is 4. The third kappa shape index (κ3) is 6.21. The number of aromatic hydroxyl groups is 1. The second-order valence-corrected chi connectivity index (χ2v) is 7.68. The number of phenols is 1. The molecule has 0 aliphatic carbocycles. The molecule has 0 atom stereocenters. The van der Waals surface area contributed by atoms with Gasteiger partial charge in [0.1, 0.15) is 11.5 Å². The molecule has 0 bridgehead atoms. The van der Waals surface area contributed by atoms with Crippen LogP contribution in [0.25, 0.3) is 0 Å². The zero-order chi connectivity index (χ0) is 21.6. The Morgan fingerprint density at radius 2 is 1.69 bits per heavy atom. The lowest BCUT2D eigenvalue weighted by Crippen LogP contribution is -2.42.